The molecule has 1 aromatic carbocycles. The van der Waals surface area contributed by atoms with Crippen LogP contribution in [0.3, 0.4) is 0 Å². The number of benzene rings is 1. The molecule has 1 saturated heterocycles. The number of allylic oxidation sites excluding steroid dienone is 1. The lowest BCUT2D eigenvalue weighted by Gasteiger charge is -2.59. The van der Waals surface area contributed by atoms with Crippen LogP contribution < -0.4 is 0 Å². The SMILES string of the molecule is C[C@]12CC[C@H]3[C@@H](CCC4=CC5(CC[C@@]43C)SCCS5)[C@@H]1CC[C@@H]2C(=O)COC(=O)c1ccccc1. The third kappa shape index (κ3) is 3.95. The van der Waals surface area contributed by atoms with Crippen LogP contribution in [0.1, 0.15) is 75.6 Å². The number of Topliss-reactive ketones (excluding diaryl/α,β-unsaturated/α-hetero) is 1. The molecule has 5 heteroatoms. The third-order valence-electron chi connectivity index (χ3n) is 10.6. The Morgan fingerprint density at radius 3 is 2.49 bits per heavy atom. The van der Waals surface area contributed by atoms with Crippen molar-refractivity contribution in [1.82, 2.24) is 0 Å². The normalized spacial score (nSPS) is 39.3. The molecule has 0 N–H and O–H groups in total. The lowest BCUT2D eigenvalue weighted by Crippen LogP contribution is -2.51. The number of carbonyl (C=O) groups is 2. The standard InChI is InChI=1S/C30H38O3S2/c1-28-14-15-30(34-16-17-35-30)18-21(28)8-9-22-23-10-11-25(29(23,2)13-12-24(22)28)26(31)19-33-27(32)20-6-4-3-5-7-20/h3-7,18,22-25H,8-17,19H2,1-2H3/t22-,23-,24-,25+,28-,29-/m0/s1. The number of ketones is 1. The lowest BCUT2D eigenvalue weighted by atomic mass is 9.46. The maximum absolute atomic E-state index is 13.3. The van der Waals surface area contributed by atoms with Gasteiger partial charge in [0, 0.05) is 17.4 Å². The highest BCUT2D eigenvalue weighted by Crippen LogP contribution is 2.68. The molecule has 1 aromatic rings. The first-order valence-corrected chi connectivity index (χ1v) is 15.6. The molecule has 1 spiro atoms. The average Bonchev–Trinajstić information content (AvgIpc) is 3.47. The summed E-state index contributed by atoms with van der Waals surface area (Å²) in [4.78, 5) is 25.7. The van der Waals surface area contributed by atoms with Crippen LogP contribution in [0.2, 0.25) is 0 Å². The fraction of sp³-hybridized carbons (Fsp3) is 0.667. The number of esters is 1. The highest BCUT2D eigenvalue weighted by Gasteiger charge is 2.60. The molecule has 4 aliphatic carbocycles. The second-order valence-corrected chi connectivity index (χ2v) is 15.2. The van der Waals surface area contributed by atoms with Crippen molar-refractivity contribution in [2.24, 2.45) is 34.5 Å². The van der Waals surface area contributed by atoms with Gasteiger partial charge in [0.2, 0.25) is 0 Å². The van der Waals surface area contributed by atoms with Crippen LogP contribution in [-0.4, -0.2) is 33.9 Å². The molecule has 5 aliphatic rings. The van der Waals surface area contributed by atoms with Crippen LogP contribution >= 0.6 is 23.5 Å². The quantitative estimate of drug-likeness (QED) is 0.317. The Hall–Kier alpha value is -1.20. The number of fused-ring (bicyclic) bond motifs is 5. The molecule has 3 nitrogen and oxygen atoms in total. The summed E-state index contributed by atoms with van der Waals surface area (Å²) in [5, 5.41) is 0. The van der Waals surface area contributed by atoms with Gasteiger partial charge in [-0.2, -0.15) is 0 Å². The van der Waals surface area contributed by atoms with E-state index in [0.29, 0.717) is 21.0 Å². The Bertz CT molecular complexity index is 1030. The Kier molecular flexibility index (Phi) is 6.19. The molecule has 0 radical (unpaired) electrons. The molecule has 6 atom stereocenters. The smallest absolute Gasteiger partial charge is 0.338 e. The summed E-state index contributed by atoms with van der Waals surface area (Å²) in [7, 11) is 0. The number of ether oxygens (including phenoxy) is 1. The van der Waals surface area contributed by atoms with Crippen LogP contribution in [0.25, 0.3) is 0 Å². The molecule has 0 bridgehead atoms. The molecule has 1 aliphatic heterocycles. The minimum absolute atomic E-state index is 0.0303. The predicted molar refractivity (Wildman–Crippen MR) is 145 cm³/mol. The second-order valence-electron chi connectivity index (χ2n) is 12.1. The van der Waals surface area contributed by atoms with E-state index in [2.05, 4.69) is 43.4 Å². The van der Waals surface area contributed by atoms with Gasteiger partial charge >= 0.3 is 5.97 Å². The zero-order valence-corrected chi connectivity index (χ0v) is 22.7. The van der Waals surface area contributed by atoms with E-state index in [1.807, 2.05) is 18.2 Å². The van der Waals surface area contributed by atoms with Gasteiger partial charge in [-0.25, -0.2) is 4.79 Å². The van der Waals surface area contributed by atoms with E-state index in [1.165, 1.54) is 43.6 Å². The van der Waals surface area contributed by atoms with Gasteiger partial charge in [-0.05, 0) is 92.1 Å². The van der Waals surface area contributed by atoms with Gasteiger partial charge in [0.05, 0.1) is 9.64 Å². The van der Waals surface area contributed by atoms with E-state index >= 15 is 0 Å². The van der Waals surface area contributed by atoms with Gasteiger partial charge in [-0.3, -0.25) is 4.79 Å². The molecule has 188 valence electrons. The zero-order chi connectivity index (χ0) is 24.3. The minimum Gasteiger partial charge on any atom is -0.454 e. The lowest BCUT2D eigenvalue weighted by molar-refractivity contribution is -0.133. The molecule has 0 amide bonds. The van der Waals surface area contributed by atoms with E-state index in [0.717, 1.165) is 31.1 Å². The van der Waals surface area contributed by atoms with Crippen molar-refractivity contribution >= 4 is 35.3 Å². The van der Waals surface area contributed by atoms with E-state index in [-0.39, 0.29) is 23.7 Å². The van der Waals surface area contributed by atoms with Crippen molar-refractivity contribution in [2.45, 2.75) is 69.3 Å². The summed E-state index contributed by atoms with van der Waals surface area (Å²) in [6, 6.07) is 9.00. The monoisotopic (exact) mass is 510 g/mol. The Labute approximate surface area is 218 Å². The van der Waals surface area contributed by atoms with E-state index in [1.54, 1.807) is 17.7 Å². The summed E-state index contributed by atoms with van der Waals surface area (Å²) >= 11 is 4.37. The molecule has 0 aromatic heterocycles. The molecule has 3 saturated carbocycles. The van der Waals surface area contributed by atoms with Gasteiger partial charge in [-0.15, -0.1) is 23.5 Å². The number of hydrogen-bond acceptors (Lipinski definition) is 5. The first-order valence-electron chi connectivity index (χ1n) is 13.6. The Balaban J connectivity index is 1.15. The largest absolute Gasteiger partial charge is 0.454 e. The molecule has 6 rings (SSSR count). The zero-order valence-electron chi connectivity index (χ0n) is 21.1. The molecule has 1 heterocycles. The number of carbonyl (C=O) groups excluding carboxylic acids is 2. The molecule has 4 fully saturated rings. The first kappa shape index (κ1) is 24.2. The summed E-state index contributed by atoms with van der Waals surface area (Å²) in [6.07, 6.45) is 12.4. The summed E-state index contributed by atoms with van der Waals surface area (Å²) in [6.45, 7) is 4.88. The van der Waals surface area contributed by atoms with Gasteiger partial charge in [-0.1, -0.05) is 43.7 Å². The van der Waals surface area contributed by atoms with Gasteiger partial charge in [0.15, 0.2) is 12.4 Å². The van der Waals surface area contributed by atoms with Crippen LogP contribution in [0.15, 0.2) is 42.0 Å². The second kappa shape index (κ2) is 8.97. The fourth-order valence-electron chi connectivity index (χ4n) is 8.80. The van der Waals surface area contributed by atoms with Crippen LogP contribution in [0.4, 0.5) is 0 Å². The van der Waals surface area contributed by atoms with Crippen molar-refractivity contribution in [3.8, 4) is 0 Å². The molecular weight excluding hydrogens is 472 g/mol. The molecular formula is C30H38O3S2. The van der Waals surface area contributed by atoms with Crippen molar-refractivity contribution < 1.29 is 14.3 Å². The van der Waals surface area contributed by atoms with Crippen LogP contribution in [-0.2, 0) is 9.53 Å². The maximum atomic E-state index is 13.3. The number of hydrogen-bond donors (Lipinski definition) is 0. The fourth-order valence-corrected chi connectivity index (χ4v) is 11.9. The van der Waals surface area contributed by atoms with Crippen molar-refractivity contribution in [3.05, 3.63) is 47.5 Å². The summed E-state index contributed by atoms with van der Waals surface area (Å²) in [5.74, 6) is 4.50. The van der Waals surface area contributed by atoms with Gasteiger partial charge in [0.1, 0.15) is 0 Å². The Morgan fingerprint density at radius 2 is 1.71 bits per heavy atom. The van der Waals surface area contributed by atoms with E-state index in [9.17, 15) is 9.59 Å². The Morgan fingerprint density at radius 1 is 0.943 bits per heavy atom. The van der Waals surface area contributed by atoms with Crippen LogP contribution in [0, 0.1) is 34.5 Å². The van der Waals surface area contributed by atoms with Gasteiger partial charge < -0.3 is 4.74 Å². The number of rotatable bonds is 4. The average molecular weight is 511 g/mol. The van der Waals surface area contributed by atoms with Crippen molar-refractivity contribution in [3.63, 3.8) is 0 Å². The number of thioether (sulfide) groups is 2. The summed E-state index contributed by atoms with van der Waals surface area (Å²) in [5.41, 5.74) is 2.68. The molecule has 0 unspecified atom stereocenters. The minimum atomic E-state index is -0.393. The maximum Gasteiger partial charge on any atom is 0.338 e. The van der Waals surface area contributed by atoms with Gasteiger partial charge in [0.25, 0.3) is 0 Å². The molecule has 35 heavy (non-hydrogen) atoms. The van der Waals surface area contributed by atoms with Crippen LogP contribution in [0.5, 0.6) is 0 Å². The topological polar surface area (TPSA) is 43.4 Å². The van der Waals surface area contributed by atoms with E-state index in [4.69, 9.17) is 4.74 Å². The third-order valence-corrected chi connectivity index (χ3v) is 14.0. The van der Waals surface area contributed by atoms with E-state index < -0.39 is 5.97 Å². The summed E-state index contributed by atoms with van der Waals surface area (Å²) < 4.78 is 5.83. The highest BCUT2D eigenvalue weighted by atomic mass is 32.2. The van der Waals surface area contributed by atoms with Crippen molar-refractivity contribution in [1.29, 1.82) is 0 Å². The van der Waals surface area contributed by atoms with Crippen molar-refractivity contribution in [2.75, 3.05) is 18.1 Å². The first-order chi connectivity index (χ1) is 16.8. The highest BCUT2D eigenvalue weighted by molar-refractivity contribution is 8.21. The predicted octanol–water partition coefficient (Wildman–Crippen LogP) is 7.17.